The van der Waals surface area contributed by atoms with Crippen molar-refractivity contribution in [3.63, 3.8) is 0 Å². The first kappa shape index (κ1) is 14.8. The standard InChI is InChI=1S/C21H8N4O3/c22-9-12-15-10-5-1-2-6-11(10)18(26)16(15)17-19-23-13-7-3-4-8-14(13)24(19)21(28)25(17)20(12)27/h1-8H. The highest BCUT2D eigenvalue weighted by Gasteiger charge is 2.26. The molecule has 3 aromatic heterocycles. The second-order valence-electron chi connectivity index (χ2n) is 6.64. The van der Waals surface area contributed by atoms with Crippen molar-refractivity contribution in [1.82, 2.24) is 13.8 Å². The molecule has 3 aromatic carbocycles. The minimum Gasteiger partial charge on any atom is -0.288 e. The Balaban J connectivity index is 2.12. The van der Waals surface area contributed by atoms with Crippen LogP contribution < -0.4 is 16.7 Å². The van der Waals surface area contributed by atoms with Gasteiger partial charge in [0.25, 0.3) is 5.56 Å². The molecule has 6 rings (SSSR count). The Morgan fingerprint density at radius 1 is 0.857 bits per heavy atom. The summed E-state index contributed by atoms with van der Waals surface area (Å²) in [6.45, 7) is 0. The number of rotatable bonds is 0. The van der Waals surface area contributed by atoms with E-state index in [4.69, 9.17) is 0 Å². The predicted octanol–water partition coefficient (Wildman–Crippen LogP) is 1.87. The van der Waals surface area contributed by atoms with Gasteiger partial charge in [0, 0.05) is 10.8 Å². The Labute approximate surface area is 154 Å². The number of nitrogens with zero attached hydrogens (tertiary/aromatic N) is 4. The number of hydrogen-bond donors (Lipinski definition) is 0. The van der Waals surface area contributed by atoms with Gasteiger partial charge in [0.1, 0.15) is 17.1 Å². The molecule has 28 heavy (non-hydrogen) atoms. The van der Waals surface area contributed by atoms with Gasteiger partial charge in [-0.05, 0) is 17.5 Å². The fourth-order valence-corrected chi connectivity index (χ4v) is 4.18. The predicted molar refractivity (Wildman–Crippen MR) is 105 cm³/mol. The monoisotopic (exact) mass is 364 g/mol. The Bertz CT molecular complexity index is 1840. The Hall–Kier alpha value is -4.31. The number of aromatic nitrogens is 3. The van der Waals surface area contributed by atoms with Crippen molar-refractivity contribution in [3.8, 4) is 6.07 Å². The van der Waals surface area contributed by atoms with Crippen molar-refractivity contribution in [2.45, 2.75) is 0 Å². The average molecular weight is 364 g/mol. The average Bonchev–Trinajstić information content (AvgIpc) is 3.32. The first-order chi connectivity index (χ1) is 13.6. The van der Waals surface area contributed by atoms with Crippen molar-refractivity contribution in [2.24, 2.45) is 0 Å². The van der Waals surface area contributed by atoms with Crippen molar-refractivity contribution in [2.75, 3.05) is 0 Å². The minimum absolute atomic E-state index is 0.154. The maximum Gasteiger partial charge on any atom is 0.342 e. The number of hydrogen-bond acceptors (Lipinski definition) is 5. The normalized spacial score (nSPS) is 12.0. The van der Waals surface area contributed by atoms with Gasteiger partial charge in [-0.2, -0.15) is 5.26 Å². The van der Waals surface area contributed by atoms with Crippen LogP contribution >= 0.6 is 0 Å². The van der Waals surface area contributed by atoms with Gasteiger partial charge in [-0.1, -0.05) is 36.4 Å². The molecule has 7 heteroatoms. The molecular weight excluding hydrogens is 356 g/mol. The van der Waals surface area contributed by atoms with Crippen LogP contribution in [0, 0.1) is 11.3 Å². The quantitative estimate of drug-likeness (QED) is 0.410. The molecule has 0 spiro atoms. The molecule has 0 fully saturated rings. The van der Waals surface area contributed by atoms with Crippen LogP contribution in [0.25, 0.3) is 43.7 Å². The molecule has 0 aliphatic rings. The summed E-state index contributed by atoms with van der Waals surface area (Å²) in [5.41, 5.74) is -0.371. The third kappa shape index (κ3) is 1.46. The zero-order valence-corrected chi connectivity index (χ0v) is 14.1. The van der Waals surface area contributed by atoms with Crippen LogP contribution in [0.3, 0.4) is 0 Å². The topological polar surface area (TPSA) is 96.7 Å². The Morgan fingerprint density at radius 3 is 2.36 bits per heavy atom. The molecule has 0 bridgehead atoms. The summed E-state index contributed by atoms with van der Waals surface area (Å²) in [5.74, 6) is 0. The number of benzene rings is 2. The number of nitriles is 1. The van der Waals surface area contributed by atoms with Crippen LogP contribution in [0.1, 0.15) is 5.56 Å². The SMILES string of the molecule is N#Cc1c(=O)n2c(=O)n3c4ccccc4nc3c2c2c(=O)c3ccccc3c12. The minimum atomic E-state index is -0.736. The third-order valence-corrected chi connectivity index (χ3v) is 5.31. The van der Waals surface area contributed by atoms with E-state index in [0.717, 1.165) is 4.40 Å². The Kier molecular flexibility index (Phi) is 2.48. The van der Waals surface area contributed by atoms with E-state index in [1.807, 2.05) is 6.07 Å². The van der Waals surface area contributed by atoms with E-state index in [2.05, 4.69) is 4.98 Å². The van der Waals surface area contributed by atoms with Gasteiger partial charge in [-0.15, -0.1) is 0 Å². The molecule has 0 N–H and O–H groups in total. The number of pyridine rings is 1. The highest BCUT2D eigenvalue weighted by Crippen LogP contribution is 2.30. The van der Waals surface area contributed by atoms with Gasteiger partial charge >= 0.3 is 5.69 Å². The lowest BCUT2D eigenvalue weighted by atomic mass is 10.1. The maximum absolute atomic E-state index is 13.2. The van der Waals surface area contributed by atoms with Gasteiger partial charge in [0.15, 0.2) is 11.1 Å². The summed E-state index contributed by atoms with van der Waals surface area (Å²) in [6.07, 6.45) is 0. The second kappa shape index (κ2) is 4.69. The molecule has 3 heterocycles. The van der Waals surface area contributed by atoms with Crippen LogP contribution in [-0.2, 0) is 0 Å². The maximum atomic E-state index is 13.2. The molecule has 130 valence electrons. The fourth-order valence-electron chi connectivity index (χ4n) is 4.18. The lowest BCUT2D eigenvalue weighted by Gasteiger charge is -1.98. The van der Waals surface area contributed by atoms with E-state index in [0.29, 0.717) is 21.8 Å². The summed E-state index contributed by atoms with van der Waals surface area (Å²) in [6, 6.07) is 15.8. The highest BCUT2D eigenvalue weighted by molar-refractivity contribution is 6.20. The fraction of sp³-hybridized carbons (Fsp3) is 0. The van der Waals surface area contributed by atoms with Gasteiger partial charge < -0.3 is 0 Å². The van der Waals surface area contributed by atoms with E-state index in [1.54, 1.807) is 48.5 Å². The van der Waals surface area contributed by atoms with Crippen LogP contribution in [0.2, 0.25) is 0 Å². The molecule has 0 amide bonds. The number of imidazole rings is 2. The molecule has 7 nitrogen and oxygen atoms in total. The van der Waals surface area contributed by atoms with Crippen LogP contribution in [0.4, 0.5) is 0 Å². The lowest BCUT2D eigenvalue weighted by molar-refractivity contribution is 0.987. The smallest absolute Gasteiger partial charge is 0.288 e. The van der Waals surface area contributed by atoms with Crippen LogP contribution in [0.15, 0.2) is 62.9 Å². The summed E-state index contributed by atoms with van der Waals surface area (Å²) in [7, 11) is 0. The molecule has 6 aromatic rings. The van der Waals surface area contributed by atoms with Crippen LogP contribution in [0.5, 0.6) is 0 Å². The van der Waals surface area contributed by atoms with Gasteiger partial charge in [-0.3, -0.25) is 9.59 Å². The van der Waals surface area contributed by atoms with E-state index in [1.165, 1.54) is 4.40 Å². The van der Waals surface area contributed by atoms with Gasteiger partial charge in [0.05, 0.1) is 16.4 Å². The molecule has 0 aliphatic heterocycles. The van der Waals surface area contributed by atoms with E-state index >= 15 is 0 Å². The zero-order valence-electron chi connectivity index (χ0n) is 14.1. The number of fused-ring (bicyclic) bond motifs is 9. The van der Waals surface area contributed by atoms with E-state index in [-0.39, 0.29) is 32.9 Å². The van der Waals surface area contributed by atoms with E-state index < -0.39 is 11.2 Å². The van der Waals surface area contributed by atoms with E-state index in [9.17, 15) is 19.6 Å². The number of para-hydroxylation sites is 2. The molecule has 0 radical (unpaired) electrons. The molecule has 0 saturated heterocycles. The third-order valence-electron chi connectivity index (χ3n) is 5.31. The molecule has 0 atom stereocenters. The Morgan fingerprint density at radius 2 is 1.57 bits per heavy atom. The van der Waals surface area contributed by atoms with Crippen molar-refractivity contribution < 1.29 is 0 Å². The molecule has 0 saturated carbocycles. The van der Waals surface area contributed by atoms with Crippen molar-refractivity contribution in [3.05, 3.63) is 85.2 Å². The summed E-state index contributed by atoms with van der Waals surface area (Å²) in [5, 5.41) is 11.0. The first-order valence-corrected chi connectivity index (χ1v) is 8.53. The zero-order chi connectivity index (χ0) is 19.2. The second-order valence-corrected chi connectivity index (χ2v) is 6.64. The first-order valence-electron chi connectivity index (χ1n) is 8.53. The van der Waals surface area contributed by atoms with Crippen LogP contribution in [-0.4, -0.2) is 13.8 Å². The molecular formula is C21H8N4O3. The highest BCUT2D eigenvalue weighted by atomic mass is 16.2. The molecule has 0 unspecified atom stereocenters. The summed E-state index contributed by atoms with van der Waals surface area (Å²) >= 11 is 0. The largest absolute Gasteiger partial charge is 0.342 e. The summed E-state index contributed by atoms with van der Waals surface area (Å²) in [4.78, 5) is 43.8. The summed E-state index contributed by atoms with van der Waals surface area (Å²) < 4.78 is 2.22. The van der Waals surface area contributed by atoms with Crippen molar-refractivity contribution >= 4 is 43.7 Å². The lowest BCUT2D eigenvalue weighted by Crippen LogP contribution is -2.28. The van der Waals surface area contributed by atoms with Crippen molar-refractivity contribution in [1.29, 1.82) is 5.26 Å². The molecule has 0 aliphatic carbocycles. The van der Waals surface area contributed by atoms with Gasteiger partial charge in [-0.25, -0.2) is 18.6 Å². The van der Waals surface area contributed by atoms with Gasteiger partial charge in [0.2, 0.25) is 0 Å².